The summed E-state index contributed by atoms with van der Waals surface area (Å²) in [4.78, 5) is 20.3. The van der Waals surface area contributed by atoms with Crippen LogP contribution in [0.2, 0.25) is 5.02 Å². The van der Waals surface area contributed by atoms with Crippen LogP contribution < -0.4 is 0 Å². The zero-order chi connectivity index (χ0) is 11.6. The molecule has 0 aliphatic rings. The van der Waals surface area contributed by atoms with Crippen molar-refractivity contribution in [2.24, 2.45) is 0 Å². The number of nitro groups is 1. The van der Waals surface area contributed by atoms with Gasteiger partial charge in [0.05, 0.1) is 10.5 Å². The van der Waals surface area contributed by atoms with E-state index in [9.17, 15) is 14.9 Å². The van der Waals surface area contributed by atoms with Crippen LogP contribution >= 0.6 is 11.6 Å². The zero-order valence-corrected chi connectivity index (χ0v) is 7.85. The van der Waals surface area contributed by atoms with Gasteiger partial charge < -0.3 is 5.11 Å². The molecule has 0 aliphatic carbocycles. The number of hydrogen-bond acceptors (Lipinski definition) is 4. The molecular formula is C8H3ClN2O4. The van der Waals surface area contributed by atoms with Gasteiger partial charge in [0.15, 0.2) is 0 Å². The Morgan fingerprint density at radius 2 is 2.20 bits per heavy atom. The Kier molecular flexibility index (Phi) is 2.87. The number of benzene rings is 1. The van der Waals surface area contributed by atoms with Crippen LogP contribution in [0, 0.1) is 21.4 Å². The zero-order valence-electron chi connectivity index (χ0n) is 7.10. The molecule has 76 valence electrons. The number of rotatable bonds is 2. The Labute approximate surface area is 88.5 Å². The lowest BCUT2D eigenvalue weighted by Gasteiger charge is -2.00. The fourth-order valence-corrected chi connectivity index (χ4v) is 1.28. The molecule has 1 rings (SSSR count). The van der Waals surface area contributed by atoms with Crippen molar-refractivity contribution in [2.45, 2.75) is 0 Å². The monoisotopic (exact) mass is 226 g/mol. The normalized spacial score (nSPS) is 9.33. The molecule has 0 radical (unpaired) electrons. The summed E-state index contributed by atoms with van der Waals surface area (Å²) in [6.07, 6.45) is 0. The topological polar surface area (TPSA) is 104 Å². The van der Waals surface area contributed by atoms with Gasteiger partial charge in [0.2, 0.25) is 0 Å². The van der Waals surface area contributed by atoms with Crippen LogP contribution in [0.5, 0.6) is 0 Å². The number of carboxylic acids is 1. The summed E-state index contributed by atoms with van der Waals surface area (Å²) >= 11 is 5.53. The molecule has 0 spiro atoms. The Morgan fingerprint density at radius 1 is 1.60 bits per heavy atom. The predicted octanol–water partition coefficient (Wildman–Crippen LogP) is 1.82. The van der Waals surface area contributed by atoms with Crippen molar-refractivity contribution >= 4 is 23.3 Å². The largest absolute Gasteiger partial charge is 0.477 e. The fourth-order valence-electron chi connectivity index (χ4n) is 1.00. The molecule has 1 aromatic rings. The second kappa shape index (κ2) is 3.94. The van der Waals surface area contributed by atoms with E-state index in [0.717, 1.165) is 12.1 Å². The molecule has 0 saturated heterocycles. The van der Waals surface area contributed by atoms with Crippen molar-refractivity contribution in [3.05, 3.63) is 38.4 Å². The van der Waals surface area contributed by atoms with Crippen molar-refractivity contribution < 1.29 is 14.8 Å². The van der Waals surface area contributed by atoms with E-state index in [4.69, 9.17) is 22.0 Å². The van der Waals surface area contributed by atoms with Gasteiger partial charge in [-0.05, 0) is 12.1 Å². The number of carbonyl (C=O) groups is 1. The minimum absolute atomic E-state index is 0.131. The van der Waals surface area contributed by atoms with Crippen molar-refractivity contribution in [1.29, 1.82) is 5.26 Å². The second-order valence-electron chi connectivity index (χ2n) is 2.50. The molecule has 0 unspecified atom stereocenters. The summed E-state index contributed by atoms with van der Waals surface area (Å²) in [6, 6.07) is 3.73. The Morgan fingerprint density at radius 3 is 2.60 bits per heavy atom. The number of carboxylic acid groups (broad SMARTS) is 1. The molecule has 0 amide bonds. The van der Waals surface area contributed by atoms with Crippen molar-refractivity contribution in [1.82, 2.24) is 0 Å². The predicted molar refractivity (Wildman–Crippen MR) is 49.8 cm³/mol. The first-order chi connectivity index (χ1) is 6.99. The van der Waals surface area contributed by atoms with Crippen LogP contribution in [-0.4, -0.2) is 16.0 Å². The molecule has 0 saturated carbocycles. The van der Waals surface area contributed by atoms with E-state index in [-0.39, 0.29) is 5.56 Å². The average molecular weight is 227 g/mol. The van der Waals surface area contributed by atoms with Crippen LogP contribution in [0.3, 0.4) is 0 Å². The van der Waals surface area contributed by atoms with Crippen molar-refractivity contribution in [2.75, 3.05) is 0 Å². The first kappa shape index (κ1) is 10.9. The SMILES string of the molecule is N#Cc1ccc(C(=O)O)c([N+](=O)[O-])c1Cl. The molecule has 1 N–H and O–H groups in total. The molecule has 0 atom stereocenters. The lowest BCUT2D eigenvalue weighted by molar-refractivity contribution is -0.385. The van der Waals surface area contributed by atoms with Gasteiger partial charge in [-0.3, -0.25) is 10.1 Å². The lowest BCUT2D eigenvalue weighted by Crippen LogP contribution is -2.04. The molecule has 0 fully saturated rings. The number of nitrogens with zero attached hydrogens (tertiary/aromatic N) is 2. The summed E-state index contributed by atoms with van der Waals surface area (Å²) in [7, 11) is 0. The van der Waals surface area contributed by atoms with E-state index in [2.05, 4.69) is 0 Å². The second-order valence-corrected chi connectivity index (χ2v) is 2.88. The smallest absolute Gasteiger partial charge is 0.342 e. The third-order valence-corrected chi connectivity index (χ3v) is 2.03. The molecule has 0 aromatic heterocycles. The molecule has 0 bridgehead atoms. The maximum atomic E-state index is 10.6. The summed E-state index contributed by atoms with van der Waals surface area (Å²) in [5, 5.41) is 27.3. The number of halogens is 1. The Bertz CT molecular complexity index is 492. The summed E-state index contributed by atoms with van der Waals surface area (Å²) in [5.41, 5.74) is -1.43. The third-order valence-electron chi connectivity index (χ3n) is 1.65. The standard InChI is InChI=1S/C8H3ClN2O4/c9-6-4(3-10)1-2-5(8(12)13)7(6)11(14)15/h1-2H,(H,12,13). The Hall–Kier alpha value is -2.13. The van der Waals surface area contributed by atoms with Crippen molar-refractivity contribution in [3.63, 3.8) is 0 Å². The molecule has 1 aromatic carbocycles. The molecule has 15 heavy (non-hydrogen) atoms. The van der Waals surface area contributed by atoms with E-state index in [1.165, 1.54) is 0 Å². The third kappa shape index (κ3) is 1.87. The van der Waals surface area contributed by atoms with Gasteiger partial charge >= 0.3 is 11.7 Å². The van der Waals surface area contributed by atoms with Crippen LogP contribution in [0.25, 0.3) is 0 Å². The van der Waals surface area contributed by atoms with Crippen molar-refractivity contribution in [3.8, 4) is 6.07 Å². The maximum Gasteiger partial charge on any atom is 0.342 e. The van der Waals surface area contributed by atoms with Gasteiger partial charge in [-0.15, -0.1) is 0 Å². The van der Waals surface area contributed by atoms with Crippen LogP contribution in [0.1, 0.15) is 15.9 Å². The van der Waals surface area contributed by atoms with Gasteiger partial charge in [-0.25, -0.2) is 4.79 Å². The van der Waals surface area contributed by atoms with Crippen LogP contribution in [0.4, 0.5) is 5.69 Å². The number of aromatic carboxylic acids is 1. The molecule has 7 heteroatoms. The van der Waals surface area contributed by atoms with E-state index < -0.39 is 27.2 Å². The Balaban J connectivity index is 3.60. The summed E-state index contributed by atoms with van der Waals surface area (Å²) in [5.74, 6) is -1.46. The lowest BCUT2D eigenvalue weighted by atomic mass is 10.1. The van der Waals surface area contributed by atoms with E-state index in [1.54, 1.807) is 6.07 Å². The van der Waals surface area contributed by atoms with E-state index in [1.807, 2.05) is 0 Å². The van der Waals surface area contributed by atoms with Gasteiger partial charge in [0, 0.05) is 0 Å². The van der Waals surface area contributed by atoms with Crippen LogP contribution in [-0.2, 0) is 0 Å². The molecular weight excluding hydrogens is 224 g/mol. The minimum Gasteiger partial charge on any atom is -0.477 e. The number of hydrogen-bond donors (Lipinski definition) is 1. The number of nitriles is 1. The van der Waals surface area contributed by atoms with Gasteiger partial charge in [0.25, 0.3) is 0 Å². The van der Waals surface area contributed by atoms with Gasteiger partial charge in [0.1, 0.15) is 16.7 Å². The highest BCUT2D eigenvalue weighted by Crippen LogP contribution is 2.31. The average Bonchev–Trinajstić information content (AvgIpc) is 2.16. The molecule has 0 aliphatic heterocycles. The molecule has 0 heterocycles. The highest BCUT2D eigenvalue weighted by molar-refractivity contribution is 6.34. The number of nitro benzene ring substituents is 1. The highest BCUT2D eigenvalue weighted by atomic mass is 35.5. The summed E-state index contributed by atoms with van der Waals surface area (Å²) in [6.45, 7) is 0. The van der Waals surface area contributed by atoms with E-state index in [0.29, 0.717) is 0 Å². The van der Waals surface area contributed by atoms with E-state index >= 15 is 0 Å². The quantitative estimate of drug-likeness (QED) is 0.612. The fraction of sp³-hybridized carbons (Fsp3) is 0. The van der Waals surface area contributed by atoms with Gasteiger partial charge in [-0.2, -0.15) is 5.26 Å². The molecule has 6 nitrogen and oxygen atoms in total. The highest BCUT2D eigenvalue weighted by Gasteiger charge is 2.25. The van der Waals surface area contributed by atoms with Gasteiger partial charge in [-0.1, -0.05) is 11.6 Å². The maximum absolute atomic E-state index is 10.6. The van der Waals surface area contributed by atoms with Crippen LogP contribution in [0.15, 0.2) is 12.1 Å². The first-order valence-electron chi connectivity index (χ1n) is 3.59. The summed E-state index contributed by atoms with van der Waals surface area (Å²) < 4.78 is 0. The first-order valence-corrected chi connectivity index (χ1v) is 3.97. The minimum atomic E-state index is -1.46.